The molecular weight excluding hydrogens is 532 g/mol. The Balaban J connectivity index is 0. The molecule has 1 rings (SSSR count). The van der Waals surface area contributed by atoms with Crippen LogP contribution >= 0.6 is 45.2 Å². The van der Waals surface area contributed by atoms with E-state index < -0.39 is 30.0 Å². The second-order valence-corrected chi connectivity index (χ2v) is 7.64. The molecule has 18 heavy (non-hydrogen) atoms. The summed E-state index contributed by atoms with van der Waals surface area (Å²) in [6.45, 7) is 0. The van der Waals surface area contributed by atoms with Gasteiger partial charge >= 0.3 is 59.1 Å². The minimum absolute atomic E-state index is 0. The Morgan fingerprint density at radius 2 is 1.11 bits per heavy atom. The molecule has 6 nitrogen and oxygen atoms in total. The first kappa shape index (κ1) is 22.8. The number of halogens is 2. The van der Waals surface area contributed by atoms with Crippen molar-refractivity contribution in [2.24, 2.45) is 0 Å². The van der Waals surface area contributed by atoms with Crippen LogP contribution in [0.25, 0.3) is 0 Å². The maximum Gasteiger partial charge on any atom is 1.00 e. The third-order valence-electron chi connectivity index (χ3n) is 1.51. The van der Waals surface area contributed by atoms with Crippen molar-refractivity contribution in [1.29, 1.82) is 0 Å². The summed E-state index contributed by atoms with van der Waals surface area (Å²) in [4.78, 5) is -1.40. The summed E-state index contributed by atoms with van der Waals surface area (Å²) in [6, 6.07) is 2.03. The first-order valence-corrected chi connectivity index (χ1v) is 8.41. The monoisotopic (exact) mass is 534 g/mol. The average molecular weight is 534 g/mol. The fourth-order valence-corrected chi connectivity index (χ4v) is 5.15. The fourth-order valence-electron chi connectivity index (χ4n) is 0.904. The Hall–Kier alpha value is 2.50. The van der Waals surface area contributed by atoms with Crippen molar-refractivity contribution < 1.29 is 85.1 Å². The number of hydrogen-bond donors (Lipinski definition) is 0. The summed E-state index contributed by atoms with van der Waals surface area (Å²) in [5.74, 6) is 0. The van der Waals surface area contributed by atoms with Gasteiger partial charge in [-0.2, -0.15) is 0 Å². The topological polar surface area (TPSA) is 114 Å². The van der Waals surface area contributed by atoms with Gasteiger partial charge < -0.3 is 9.11 Å². The van der Waals surface area contributed by atoms with E-state index in [2.05, 4.69) is 0 Å². The molecule has 0 atom stereocenters. The molecule has 0 saturated heterocycles. The Bertz CT molecular complexity index is 589. The van der Waals surface area contributed by atoms with Gasteiger partial charge in [0.1, 0.15) is 20.2 Å². The zero-order valence-electron chi connectivity index (χ0n) is 9.18. The van der Waals surface area contributed by atoms with Crippen LogP contribution in [0, 0.1) is 7.14 Å². The largest absolute Gasteiger partial charge is 1.00 e. The minimum Gasteiger partial charge on any atom is -0.744 e. The van der Waals surface area contributed by atoms with E-state index in [1.807, 2.05) is 0 Å². The normalized spacial score (nSPS) is 11.3. The molecule has 90 valence electrons. The van der Waals surface area contributed by atoms with Crippen molar-refractivity contribution in [2.45, 2.75) is 9.79 Å². The van der Waals surface area contributed by atoms with Crippen LogP contribution in [0.1, 0.15) is 0 Å². The molecule has 0 aliphatic rings. The zero-order valence-corrected chi connectivity index (χ0v) is 19.1. The quantitative estimate of drug-likeness (QED) is 0.213. The van der Waals surface area contributed by atoms with E-state index in [0.29, 0.717) is 0 Å². The fraction of sp³-hybridized carbons (Fsp3) is 0. The molecule has 1 aromatic carbocycles. The van der Waals surface area contributed by atoms with Gasteiger partial charge in [-0.25, -0.2) is 16.8 Å². The van der Waals surface area contributed by atoms with E-state index in [9.17, 15) is 25.9 Å². The van der Waals surface area contributed by atoms with E-state index in [1.165, 1.54) is 22.6 Å². The number of rotatable bonds is 2. The third kappa shape index (κ3) is 6.09. The number of hydrogen-bond acceptors (Lipinski definition) is 6. The molecule has 0 aliphatic heterocycles. The smallest absolute Gasteiger partial charge is 0.744 e. The molecule has 0 unspecified atom stereocenters. The van der Waals surface area contributed by atoms with Crippen LogP contribution in [0.2, 0.25) is 0 Å². The molecule has 0 heterocycles. The second-order valence-electron chi connectivity index (χ2n) is 2.62. The predicted molar refractivity (Wildman–Crippen MR) is 67.8 cm³/mol. The van der Waals surface area contributed by atoms with Gasteiger partial charge in [0.15, 0.2) is 0 Å². The van der Waals surface area contributed by atoms with Crippen LogP contribution < -0.4 is 59.1 Å². The summed E-state index contributed by atoms with van der Waals surface area (Å²) >= 11 is 2.96. The average Bonchev–Trinajstić information content (AvgIpc) is 2.04. The Morgan fingerprint density at radius 1 is 0.833 bits per heavy atom. The van der Waals surface area contributed by atoms with E-state index in [4.69, 9.17) is 0 Å². The van der Waals surface area contributed by atoms with E-state index >= 15 is 0 Å². The maximum atomic E-state index is 10.8. The first-order valence-electron chi connectivity index (χ1n) is 3.44. The van der Waals surface area contributed by atoms with E-state index in [1.54, 1.807) is 22.6 Å². The van der Waals surface area contributed by atoms with Gasteiger partial charge in [-0.15, -0.1) is 0 Å². The molecule has 0 spiro atoms. The molecular formula is C6H2I2Na2O6S2. The molecule has 0 radical (unpaired) electrons. The molecule has 0 saturated carbocycles. The van der Waals surface area contributed by atoms with Crippen molar-refractivity contribution in [2.75, 3.05) is 0 Å². The van der Waals surface area contributed by atoms with Gasteiger partial charge in [-0.1, -0.05) is 0 Å². The SMILES string of the molecule is O=S(=O)([O-])c1cc(I)cc(S(=O)(=O)[O-])c1I.[Na+].[Na+]. The molecule has 1 aromatic rings. The molecule has 0 aliphatic carbocycles. The van der Waals surface area contributed by atoms with Crippen molar-refractivity contribution in [1.82, 2.24) is 0 Å². The summed E-state index contributed by atoms with van der Waals surface area (Å²) in [6.07, 6.45) is 0. The van der Waals surface area contributed by atoms with Crippen LogP contribution in [-0.4, -0.2) is 25.9 Å². The predicted octanol–water partition coefficient (Wildman–Crippen LogP) is -5.29. The molecule has 0 bridgehead atoms. The minimum atomic E-state index is -4.80. The molecule has 0 aromatic heterocycles. The van der Waals surface area contributed by atoms with Crippen molar-refractivity contribution in [3.63, 3.8) is 0 Å². The van der Waals surface area contributed by atoms with Crippen molar-refractivity contribution in [3.05, 3.63) is 19.3 Å². The van der Waals surface area contributed by atoms with Crippen molar-refractivity contribution >= 4 is 65.4 Å². The van der Waals surface area contributed by atoms with Crippen LogP contribution in [0.15, 0.2) is 21.9 Å². The van der Waals surface area contributed by atoms with Gasteiger partial charge in [-0.05, 0) is 57.3 Å². The van der Waals surface area contributed by atoms with Gasteiger partial charge in [0, 0.05) is 7.14 Å². The maximum absolute atomic E-state index is 10.8. The van der Waals surface area contributed by atoms with Gasteiger partial charge in [0.25, 0.3) is 0 Å². The third-order valence-corrected chi connectivity index (χ3v) is 5.75. The molecule has 0 amide bonds. The standard InChI is InChI=1S/C6H4I2O6S2.2Na/c7-3-1-4(15(9,10)11)6(8)5(2-3)16(12,13)14;;/h1-2H,(H,9,10,11)(H,12,13,14);;/q;2*+1/p-2. The molecule has 12 heteroatoms. The second kappa shape index (κ2) is 8.22. The summed E-state index contributed by atoms with van der Waals surface area (Å²) in [5.41, 5.74) is 0. The molecule has 0 fully saturated rings. The van der Waals surface area contributed by atoms with Crippen LogP contribution in [0.5, 0.6) is 0 Å². The summed E-state index contributed by atoms with van der Waals surface area (Å²) in [7, 11) is -9.61. The van der Waals surface area contributed by atoms with Crippen molar-refractivity contribution in [3.8, 4) is 0 Å². The Kier molecular flexibility index (Phi) is 10.4. The number of benzene rings is 1. The van der Waals surface area contributed by atoms with Gasteiger partial charge in [0.05, 0.1) is 9.79 Å². The van der Waals surface area contributed by atoms with Gasteiger partial charge in [-0.3, -0.25) is 0 Å². The Labute approximate surface area is 176 Å². The van der Waals surface area contributed by atoms with E-state index in [0.717, 1.165) is 12.1 Å². The first-order chi connectivity index (χ1) is 7.03. The summed E-state index contributed by atoms with van der Waals surface area (Å²) < 4.78 is 64.8. The zero-order chi connectivity index (χ0) is 12.7. The summed E-state index contributed by atoms with van der Waals surface area (Å²) in [5, 5.41) is 0. The van der Waals surface area contributed by atoms with Gasteiger partial charge in [0.2, 0.25) is 0 Å². The van der Waals surface area contributed by atoms with Crippen LogP contribution in [-0.2, 0) is 20.2 Å². The Morgan fingerprint density at radius 3 is 1.33 bits per heavy atom. The van der Waals surface area contributed by atoms with Crippen LogP contribution in [0.4, 0.5) is 0 Å². The molecule has 0 N–H and O–H groups in total. The van der Waals surface area contributed by atoms with E-state index in [-0.39, 0.29) is 66.3 Å². The van der Waals surface area contributed by atoms with Crippen LogP contribution in [0.3, 0.4) is 0 Å².